The van der Waals surface area contributed by atoms with Crippen LogP contribution in [0.3, 0.4) is 0 Å². The third-order valence-corrected chi connectivity index (χ3v) is 2.52. The van der Waals surface area contributed by atoms with E-state index in [1.807, 2.05) is 19.9 Å². The van der Waals surface area contributed by atoms with Crippen LogP contribution in [0.15, 0.2) is 18.2 Å². The number of esters is 1. The van der Waals surface area contributed by atoms with E-state index in [4.69, 9.17) is 9.47 Å². The second-order valence-corrected chi connectivity index (χ2v) is 4.35. The van der Waals surface area contributed by atoms with E-state index in [0.29, 0.717) is 5.56 Å². The van der Waals surface area contributed by atoms with E-state index in [2.05, 4.69) is 0 Å². The zero-order chi connectivity index (χ0) is 11.1. The Labute approximate surface area is 89.0 Å². The number of ether oxygens (including phenoxy) is 2. The number of fused-ring (bicyclic) bond motifs is 1. The molecule has 3 heteroatoms. The Hall–Kier alpha value is -1.51. The van der Waals surface area contributed by atoms with Gasteiger partial charge in [0.2, 0.25) is 0 Å². The molecule has 0 atom stereocenters. The molecular weight excluding hydrogens is 192 g/mol. The van der Waals surface area contributed by atoms with Crippen LogP contribution in [-0.2, 0) is 11.2 Å². The van der Waals surface area contributed by atoms with Gasteiger partial charge in [-0.1, -0.05) is 0 Å². The highest BCUT2D eigenvalue weighted by Gasteiger charge is 2.32. The molecule has 0 fully saturated rings. The third-order valence-electron chi connectivity index (χ3n) is 2.52. The first kappa shape index (κ1) is 10.0. The molecular formula is C12H14O3. The van der Waals surface area contributed by atoms with Crippen LogP contribution in [0.4, 0.5) is 0 Å². The van der Waals surface area contributed by atoms with Crippen LogP contribution in [0.1, 0.15) is 29.8 Å². The third kappa shape index (κ3) is 1.82. The Morgan fingerprint density at radius 3 is 2.80 bits per heavy atom. The van der Waals surface area contributed by atoms with Crippen LogP contribution in [0.25, 0.3) is 0 Å². The fourth-order valence-corrected chi connectivity index (χ4v) is 1.84. The Kier molecular flexibility index (Phi) is 2.18. The second-order valence-electron chi connectivity index (χ2n) is 4.35. The van der Waals surface area contributed by atoms with Gasteiger partial charge in [-0.3, -0.25) is 0 Å². The van der Waals surface area contributed by atoms with Crippen molar-refractivity contribution in [3.8, 4) is 5.75 Å². The van der Waals surface area contributed by atoms with Crippen LogP contribution in [0.2, 0.25) is 0 Å². The van der Waals surface area contributed by atoms with Crippen LogP contribution >= 0.6 is 0 Å². The predicted molar refractivity (Wildman–Crippen MR) is 56.2 cm³/mol. The first-order chi connectivity index (χ1) is 7.02. The summed E-state index contributed by atoms with van der Waals surface area (Å²) >= 11 is 0. The summed E-state index contributed by atoms with van der Waals surface area (Å²) in [4.78, 5) is 11.6. The van der Waals surface area contributed by atoms with E-state index in [0.717, 1.165) is 17.7 Å². The molecule has 0 spiro atoms. The zero-order valence-corrected chi connectivity index (χ0v) is 9.16. The van der Waals surface area contributed by atoms with Gasteiger partial charge in [0.15, 0.2) is 0 Å². The van der Waals surface area contributed by atoms with Crippen molar-refractivity contribution < 1.29 is 14.3 Å². The summed E-state index contributed by atoms with van der Waals surface area (Å²) in [6.45, 7) is 3.82. The standard InChI is InChI=1S/C12H14O3/c1-12(2)7-8-6-9(14-3)4-5-10(8)11(13)15-12/h4-6H,7H2,1-3H3. The molecule has 0 N–H and O–H groups in total. The molecule has 15 heavy (non-hydrogen) atoms. The highest BCUT2D eigenvalue weighted by atomic mass is 16.6. The van der Waals surface area contributed by atoms with Crippen LogP contribution in [-0.4, -0.2) is 18.7 Å². The lowest BCUT2D eigenvalue weighted by Crippen LogP contribution is -2.35. The van der Waals surface area contributed by atoms with Gasteiger partial charge in [-0.05, 0) is 37.6 Å². The molecule has 1 aromatic carbocycles. The van der Waals surface area contributed by atoms with Crippen LogP contribution in [0, 0.1) is 0 Å². The fraction of sp³-hybridized carbons (Fsp3) is 0.417. The molecule has 0 unspecified atom stereocenters. The molecule has 2 rings (SSSR count). The first-order valence-electron chi connectivity index (χ1n) is 4.92. The van der Waals surface area contributed by atoms with E-state index in [1.54, 1.807) is 19.2 Å². The quantitative estimate of drug-likeness (QED) is 0.661. The number of methoxy groups -OCH3 is 1. The summed E-state index contributed by atoms with van der Waals surface area (Å²) in [6, 6.07) is 5.43. The molecule has 0 amide bonds. The van der Waals surface area contributed by atoms with E-state index in [9.17, 15) is 4.79 Å². The average molecular weight is 206 g/mol. The van der Waals surface area contributed by atoms with Crippen LogP contribution < -0.4 is 4.74 Å². The minimum absolute atomic E-state index is 0.246. The Bertz CT molecular complexity index is 407. The molecule has 3 nitrogen and oxygen atoms in total. The van der Waals surface area contributed by atoms with Gasteiger partial charge in [-0.2, -0.15) is 0 Å². The molecule has 0 saturated carbocycles. The Morgan fingerprint density at radius 2 is 2.13 bits per heavy atom. The molecule has 1 aliphatic rings. The minimum atomic E-state index is -0.420. The highest BCUT2D eigenvalue weighted by Crippen LogP contribution is 2.29. The van der Waals surface area contributed by atoms with Gasteiger partial charge in [0, 0.05) is 6.42 Å². The average Bonchev–Trinajstić information content (AvgIpc) is 2.14. The second kappa shape index (κ2) is 3.26. The maximum Gasteiger partial charge on any atom is 0.338 e. The number of hydrogen-bond donors (Lipinski definition) is 0. The number of carbonyl (C=O) groups is 1. The highest BCUT2D eigenvalue weighted by molar-refractivity contribution is 5.92. The molecule has 0 aromatic heterocycles. The Morgan fingerprint density at radius 1 is 1.40 bits per heavy atom. The maximum atomic E-state index is 11.6. The number of carbonyl (C=O) groups excluding carboxylic acids is 1. The summed E-state index contributed by atoms with van der Waals surface area (Å²) in [5.41, 5.74) is 1.22. The monoisotopic (exact) mass is 206 g/mol. The van der Waals surface area contributed by atoms with Crippen molar-refractivity contribution in [3.05, 3.63) is 29.3 Å². The maximum absolute atomic E-state index is 11.6. The van der Waals surface area contributed by atoms with Crippen LogP contribution in [0.5, 0.6) is 5.75 Å². The van der Waals surface area contributed by atoms with Crippen molar-refractivity contribution in [2.24, 2.45) is 0 Å². The van der Waals surface area contributed by atoms with Gasteiger partial charge in [0.1, 0.15) is 11.4 Å². The SMILES string of the molecule is COc1ccc2c(c1)CC(C)(C)OC2=O. The number of benzene rings is 1. The van der Waals surface area contributed by atoms with Crippen molar-refractivity contribution >= 4 is 5.97 Å². The van der Waals surface area contributed by atoms with Crippen molar-refractivity contribution in [2.45, 2.75) is 25.9 Å². The lowest BCUT2D eigenvalue weighted by atomic mass is 9.91. The number of cyclic esters (lactones) is 1. The van der Waals surface area contributed by atoms with Gasteiger partial charge >= 0.3 is 5.97 Å². The molecule has 0 bridgehead atoms. The Balaban J connectivity index is 2.46. The minimum Gasteiger partial charge on any atom is -0.497 e. The van der Waals surface area contributed by atoms with Crippen molar-refractivity contribution in [1.29, 1.82) is 0 Å². The van der Waals surface area contributed by atoms with E-state index < -0.39 is 5.60 Å². The van der Waals surface area contributed by atoms with Crippen molar-refractivity contribution in [2.75, 3.05) is 7.11 Å². The summed E-state index contributed by atoms with van der Waals surface area (Å²) in [6.07, 6.45) is 0.727. The largest absolute Gasteiger partial charge is 0.497 e. The molecule has 0 radical (unpaired) electrons. The van der Waals surface area contributed by atoms with Crippen molar-refractivity contribution in [3.63, 3.8) is 0 Å². The van der Waals surface area contributed by atoms with Gasteiger partial charge < -0.3 is 9.47 Å². The fourth-order valence-electron chi connectivity index (χ4n) is 1.84. The first-order valence-corrected chi connectivity index (χ1v) is 4.92. The summed E-state index contributed by atoms with van der Waals surface area (Å²) in [5, 5.41) is 0. The van der Waals surface area contributed by atoms with E-state index in [-0.39, 0.29) is 5.97 Å². The number of hydrogen-bond acceptors (Lipinski definition) is 3. The molecule has 1 aromatic rings. The van der Waals surface area contributed by atoms with Crippen molar-refractivity contribution in [1.82, 2.24) is 0 Å². The normalized spacial score (nSPS) is 17.9. The molecule has 1 aliphatic heterocycles. The van der Waals surface area contributed by atoms with Gasteiger partial charge in [-0.25, -0.2) is 4.79 Å². The molecule has 0 aliphatic carbocycles. The summed E-state index contributed by atoms with van der Waals surface area (Å²) < 4.78 is 10.4. The van der Waals surface area contributed by atoms with Gasteiger partial charge in [0.05, 0.1) is 12.7 Å². The smallest absolute Gasteiger partial charge is 0.338 e. The molecule has 0 saturated heterocycles. The lowest BCUT2D eigenvalue weighted by molar-refractivity contribution is -0.00649. The van der Waals surface area contributed by atoms with Gasteiger partial charge in [-0.15, -0.1) is 0 Å². The topological polar surface area (TPSA) is 35.5 Å². The van der Waals surface area contributed by atoms with E-state index in [1.165, 1.54) is 0 Å². The predicted octanol–water partition coefficient (Wildman–Crippen LogP) is 2.19. The molecule has 80 valence electrons. The summed E-state index contributed by atoms with van der Waals surface area (Å²) in [7, 11) is 1.62. The number of rotatable bonds is 1. The zero-order valence-electron chi connectivity index (χ0n) is 9.16. The summed E-state index contributed by atoms with van der Waals surface area (Å²) in [5.74, 6) is 0.531. The lowest BCUT2D eigenvalue weighted by Gasteiger charge is -2.31. The van der Waals surface area contributed by atoms with E-state index >= 15 is 0 Å². The van der Waals surface area contributed by atoms with Gasteiger partial charge in [0.25, 0.3) is 0 Å². The molecule has 1 heterocycles.